The third-order valence-electron chi connectivity index (χ3n) is 4.21. The van der Waals surface area contributed by atoms with Gasteiger partial charge >= 0.3 is 0 Å². The van der Waals surface area contributed by atoms with Crippen molar-refractivity contribution in [3.8, 4) is 0 Å². The van der Waals surface area contributed by atoms with Crippen molar-refractivity contribution in [2.75, 3.05) is 18.8 Å². The molecule has 1 aliphatic rings. The van der Waals surface area contributed by atoms with E-state index in [-0.39, 0.29) is 12.3 Å². The molecular weight excluding hydrogens is 314 g/mol. The van der Waals surface area contributed by atoms with Crippen LogP contribution < -0.4 is 0 Å². The van der Waals surface area contributed by atoms with Crippen LogP contribution in [0.4, 0.5) is 0 Å². The maximum absolute atomic E-state index is 12.5. The molecule has 1 aromatic heterocycles. The fourth-order valence-corrected chi connectivity index (χ4v) is 4.54. The van der Waals surface area contributed by atoms with E-state index in [0.717, 1.165) is 19.3 Å². The number of aryl methyl sites for hydroxylation is 1. The van der Waals surface area contributed by atoms with Gasteiger partial charge in [0.15, 0.2) is 0 Å². The van der Waals surface area contributed by atoms with Crippen molar-refractivity contribution in [3.05, 3.63) is 42.2 Å². The molecule has 0 aliphatic carbocycles. The van der Waals surface area contributed by atoms with Gasteiger partial charge in [-0.15, -0.1) is 5.10 Å². The lowest BCUT2D eigenvalue weighted by Gasteiger charge is -2.32. The van der Waals surface area contributed by atoms with Gasteiger partial charge in [0.05, 0.1) is 12.3 Å². The van der Waals surface area contributed by atoms with Gasteiger partial charge in [0.2, 0.25) is 10.0 Å². The molecule has 1 aliphatic heterocycles. The van der Waals surface area contributed by atoms with Crippen LogP contribution in [0.1, 0.15) is 18.4 Å². The van der Waals surface area contributed by atoms with Gasteiger partial charge in [-0.25, -0.2) is 17.4 Å². The second-order valence-corrected chi connectivity index (χ2v) is 8.03. The number of hydrogen-bond donors (Lipinski definition) is 0. The Kier molecular flexibility index (Phi) is 5.02. The van der Waals surface area contributed by atoms with Gasteiger partial charge in [0.25, 0.3) is 0 Å². The standard InChI is InChI=1S/C15H21N5O2S/c21-23(22,10-9-19-13-16-17-18-19)20-8-4-7-15(12-20)11-14-5-2-1-3-6-14/h1-3,5-6,13,15H,4,7-12H2. The summed E-state index contributed by atoms with van der Waals surface area (Å²) in [4.78, 5) is 0. The highest BCUT2D eigenvalue weighted by atomic mass is 32.2. The maximum Gasteiger partial charge on any atom is 0.215 e. The molecule has 1 aromatic carbocycles. The Hall–Kier alpha value is -1.80. The molecule has 2 heterocycles. The number of tetrazole rings is 1. The van der Waals surface area contributed by atoms with Gasteiger partial charge in [-0.1, -0.05) is 30.3 Å². The molecule has 3 rings (SSSR count). The molecule has 0 N–H and O–H groups in total. The summed E-state index contributed by atoms with van der Waals surface area (Å²) in [5.41, 5.74) is 1.27. The summed E-state index contributed by atoms with van der Waals surface area (Å²) in [6, 6.07) is 10.3. The van der Waals surface area contributed by atoms with E-state index in [0.29, 0.717) is 19.0 Å². The summed E-state index contributed by atoms with van der Waals surface area (Å²) >= 11 is 0. The number of nitrogens with zero attached hydrogens (tertiary/aromatic N) is 5. The van der Waals surface area contributed by atoms with Crippen LogP contribution in [-0.4, -0.2) is 51.8 Å². The highest BCUT2D eigenvalue weighted by Gasteiger charge is 2.28. The van der Waals surface area contributed by atoms with E-state index in [1.54, 1.807) is 4.31 Å². The first-order valence-corrected chi connectivity index (χ1v) is 9.47. The summed E-state index contributed by atoms with van der Waals surface area (Å²) in [6.07, 6.45) is 4.36. The van der Waals surface area contributed by atoms with Crippen LogP contribution in [-0.2, 0) is 23.0 Å². The van der Waals surface area contributed by atoms with Gasteiger partial charge in [-0.2, -0.15) is 0 Å². The molecule has 0 spiro atoms. The lowest BCUT2D eigenvalue weighted by Crippen LogP contribution is -2.42. The Morgan fingerprint density at radius 2 is 2.04 bits per heavy atom. The van der Waals surface area contributed by atoms with Crippen LogP contribution in [0.15, 0.2) is 36.7 Å². The monoisotopic (exact) mass is 335 g/mol. The molecule has 124 valence electrons. The van der Waals surface area contributed by atoms with Gasteiger partial charge < -0.3 is 0 Å². The molecule has 7 nitrogen and oxygen atoms in total. The topological polar surface area (TPSA) is 81.0 Å². The van der Waals surface area contributed by atoms with Gasteiger partial charge in [0.1, 0.15) is 6.33 Å². The van der Waals surface area contributed by atoms with Crippen LogP contribution in [0, 0.1) is 5.92 Å². The molecule has 0 bridgehead atoms. The van der Waals surface area contributed by atoms with Crippen LogP contribution in [0.3, 0.4) is 0 Å². The average Bonchev–Trinajstić information content (AvgIpc) is 3.08. The Labute approximate surface area is 136 Å². The van der Waals surface area contributed by atoms with Crippen molar-refractivity contribution >= 4 is 10.0 Å². The summed E-state index contributed by atoms with van der Waals surface area (Å²) in [5, 5.41) is 10.7. The zero-order valence-electron chi connectivity index (χ0n) is 13.0. The highest BCUT2D eigenvalue weighted by Crippen LogP contribution is 2.23. The summed E-state index contributed by atoms with van der Waals surface area (Å²) in [5.74, 6) is 0.421. The number of sulfonamides is 1. The first kappa shape index (κ1) is 16.1. The Morgan fingerprint density at radius 1 is 1.22 bits per heavy atom. The second kappa shape index (κ2) is 7.18. The minimum atomic E-state index is -3.27. The van der Waals surface area contributed by atoms with E-state index in [1.165, 1.54) is 16.6 Å². The molecule has 23 heavy (non-hydrogen) atoms. The molecule has 1 atom stereocenters. The molecule has 0 radical (unpaired) electrons. The van der Waals surface area contributed by atoms with Gasteiger partial charge in [0, 0.05) is 13.1 Å². The minimum Gasteiger partial charge on any atom is -0.231 e. The molecular formula is C15H21N5O2S. The number of benzene rings is 1. The Balaban J connectivity index is 1.58. The predicted molar refractivity (Wildman–Crippen MR) is 86.0 cm³/mol. The van der Waals surface area contributed by atoms with Crippen LogP contribution in [0.25, 0.3) is 0 Å². The second-order valence-electron chi connectivity index (χ2n) is 5.94. The van der Waals surface area contributed by atoms with Gasteiger partial charge in [-0.05, 0) is 41.2 Å². The summed E-state index contributed by atoms with van der Waals surface area (Å²) in [7, 11) is -3.27. The van der Waals surface area contributed by atoms with Gasteiger partial charge in [-0.3, -0.25) is 0 Å². The first-order valence-electron chi connectivity index (χ1n) is 7.86. The zero-order chi connectivity index (χ0) is 16.1. The van der Waals surface area contributed by atoms with E-state index in [9.17, 15) is 8.42 Å². The maximum atomic E-state index is 12.5. The predicted octanol–water partition coefficient (Wildman–Crippen LogP) is 0.958. The molecule has 8 heteroatoms. The molecule has 1 unspecified atom stereocenters. The fraction of sp³-hybridized carbons (Fsp3) is 0.533. The number of piperidine rings is 1. The van der Waals surface area contributed by atoms with E-state index in [4.69, 9.17) is 0 Å². The van der Waals surface area contributed by atoms with Crippen molar-refractivity contribution in [2.45, 2.75) is 25.8 Å². The third kappa shape index (κ3) is 4.35. The number of aromatic nitrogens is 4. The normalized spacial score (nSPS) is 19.7. The van der Waals surface area contributed by atoms with Crippen molar-refractivity contribution in [2.24, 2.45) is 5.92 Å². The SMILES string of the molecule is O=S(=O)(CCn1cnnn1)N1CCCC(Cc2ccccc2)C1. The summed E-state index contributed by atoms with van der Waals surface area (Å²) < 4.78 is 28.1. The molecule has 2 aromatic rings. The lowest BCUT2D eigenvalue weighted by molar-refractivity contribution is 0.265. The largest absolute Gasteiger partial charge is 0.231 e. The lowest BCUT2D eigenvalue weighted by atomic mass is 9.92. The molecule has 1 fully saturated rings. The number of hydrogen-bond acceptors (Lipinski definition) is 5. The van der Waals surface area contributed by atoms with Crippen LogP contribution in [0.5, 0.6) is 0 Å². The average molecular weight is 335 g/mol. The molecule has 0 amide bonds. The minimum absolute atomic E-state index is 0.0378. The van der Waals surface area contributed by atoms with Crippen molar-refractivity contribution in [3.63, 3.8) is 0 Å². The van der Waals surface area contributed by atoms with E-state index >= 15 is 0 Å². The summed E-state index contributed by atoms with van der Waals surface area (Å²) in [6.45, 7) is 1.51. The zero-order valence-corrected chi connectivity index (χ0v) is 13.8. The molecule has 1 saturated heterocycles. The van der Waals surface area contributed by atoms with Crippen molar-refractivity contribution in [1.29, 1.82) is 0 Å². The highest BCUT2D eigenvalue weighted by molar-refractivity contribution is 7.89. The Bertz CT molecular complexity index is 703. The van der Waals surface area contributed by atoms with Crippen molar-refractivity contribution < 1.29 is 8.42 Å². The fourth-order valence-electron chi connectivity index (χ4n) is 3.01. The van der Waals surface area contributed by atoms with E-state index < -0.39 is 10.0 Å². The quantitative estimate of drug-likeness (QED) is 0.785. The third-order valence-corrected chi connectivity index (χ3v) is 6.03. The smallest absolute Gasteiger partial charge is 0.215 e. The molecule has 0 saturated carbocycles. The number of rotatable bonds is 6. The van der Waals surface area contributed by atoms with Crippen LogP contribution in [0.2, 0.25) is 0 Å². The Morgan fingerprint density at radius 3 is 2.78 bits per heavy atom. The first-order chi connectivity index (χ1) is 11.1. The van der Waals surface area contributed by atoms with Crippen LogP contribution >= 0.6 is 0 Å². The van der Waals surface area contributed by atoms with Crippen molar-refractivity contribution in [1.82, 2.24) is 24.5 Å². The van der Waals surface area contributed by atoms with E-state index in [2.05, 4.69) is 27.7 Å². The van der Waals surface area contributed by atoms with E-state index in [1.807, 2.05) is 18.2 Å².